The zero-order valence-electron chi connectivity index (χ0n) is 20.4. The average molecular weight is 617 g/mol. The molecule has 0 heterocycles. The van der Waals surface area contributed by atoms with Gasteiger partial charge < -0.3 is 14.8 Å². The summed E-state index contributed by atoms with van der Waals surface area (Å²) in [6.07, 6.45) is 1.51. The first-order valence-electron chi connectivity index (χ1n) is 11.2. The molecule has 9 heteroatoms. The van der Waals surface area contributed by atoms with Gasteiger partial charge in [-0.05, 0) is 113 Å². The van der Waals surface area contributed by atoms with Gasteiger partial charge >= 0.3 is 0 Å². The highest BCUT2D eigenvalue weighted by Gasteiger charge is 2.15. The minimum atomic E-state index is -0.308. The van der Waals surface area contributed by atoms with Crippen LogP contribution in [0.2, 0.25) is 0 Å². The monoisotopic (exact) mass is 615 g/mol. The Hall–Kier alpha value is -3.17. The quantitative estimate of drug-likeness (QED) is 0.218. The summed E-state index contributed by atoms with van der Waals surface area (Å²) in [5.41, 5.74) is 7.58. The van der Waals surface area contributed by atoms with E-state index >= 15 is 0 Å². The highest BCUT2D eigenvalue weighted by atomic mass is 79.9. The van der Waals surface area contributed by atoms with Crippen LogP contribution in [0.5, 0.6) is 11.5 Å². The maximum Gasteiger partial charge on any atom is 0.271 e. The minimum Gasteiger partial charge on any atom is -0.490 e. The molecule has 0 aliphatic heterocycles. The highest BCUT2D eigenvalue weighted by molar-refractivity contribution is 9.11. The van der Waals surface area contributed by atoms with Gasteiger partial charge in [-0.1, -0.05) is 17.7 Å². The number of hydrazone groups is 1. The van der Waals surface area contributed by atoms with E-state index in [0.29, 0.717) is 39.4 Å². The summed E-state index contributed by atoms with van der Waals surface area (Å²) in [5.74, 6) is 0.226. The summed E-state index contributed by atoms with van der Waals surface area (Å²) >= 11 is 6.97. The van der Waals surface area contributed by atoms with Crippen LogP contribution in [0.25, 0.3) is 0 Å². The molecule has 0 aromatic heterocycles. The number of anilines is 1. The molecule has 0 saturated heterocycles. The fourth-order valence-corrected chi connectivity index (χ4v) is 4.41. The van der Waals surface area contributed by atoms with Crippen LogP contribution in [-0.2, 0) is 4.79 Å². The summed E-state index contributed by atoms with van der Waals surface area (Å²) < 4.78 is 12.9. The molecule has 0 spiro atoms. The molecule has 3 aromatic rings. The summed E-state index contributed by atoms with van der Waals surface area (Å²) in [7, 11) is 0. The van der Waals surface area contributed by atoms with Gasteiger partial charge in [0.1, 0.15) is 0 Å². The van der Waals surface area contributed by atoms with Crippen molar-refractivity contribution in [1.82, 2.24) is 5.43 Å². The molecule has 36 heavy (non-hydrogen) atoms. The number of rotatable bonds is 9. The van der Waals surface area contributed by atoms with E-state index in [-0.39, 0.29) is 18.4 Å². The number of amides is 2. The Morgan fingerprint density at radius 1 is 0.972 bits per heavy atom. The predicted molar refractivity (Wildman–Crippen MR) is 149 cm³/mol. The molecule has 0 aliphatic rings. The van der Waals surface area contributed by atoms with Crippen LogP contribution in [0, 0.1) is 20.8 Å². The molecule has 0 aliphatic carbocycles. The molecule has 0 radical (unpaired) electrons. The number of nitrogens with one attached hydrogen (secondary N) is 2. The SMILES string of the molecule is CCOc1cc(/C=N/NC(=O)c2cccc(C)c2)cc(Br)c1OCC(=O)Nc1cc(C)c(C)cc1Br. The Morgan fingerprint density at radius 2 is 1.72 bits per heavy atom. The lowest BCUT2D eigenvalue weighted by atomic mass is 10.1. The second-order valence-corrected chi connectivity index (χ2v) is 9.79. The van der Waals surface area contributed by atoms with E-state index in [1.165, 1.54) is 6.21 Å². The molecular weight excluding hydrogens is 590 g/mol. The summed E-state index contributed by atoms with van der Waals surface area (Å²) in [6.45, 7) is 7.95. The van der Waals surface area contributed by atoms with Crippen molar-refractivity contribution in [2.24, 2.45) is 5.10 Å². The number of hydrogen-bond donors (Lipinski definition) is 2. The van der Waals surface area contributed by atoms with Gasteiger partial charge in [-0.2, -0.15) is 5.10 Å². The topological polar surface area (TPSA) is 89.0 Å². The van der Waals surface area contributed by atoms with Crippen LogP contribution < -0.4 is 20.2 Å². The predicted octanol–water partition coefficient (Wildman–Crippen LogP) is 6.32. The van der Waals surface area contributed by atoms with Gasteiger partial charge in [0.15, 0.2) is 18.1 Å². The Balaban J connectivity index is 1.68. The summed E-state index contributed by atoms with van der Waals surface area (Å²) in [6, 6.07) is 14.6. The Morgan fingerprint density at radius 3 is 2.44 bits per heavy atom. The van der Waals surface area contributed by atoms with Gasteiger partial charge in [0.2, 0.25) is 0 Å². The molecule has 0 bridgehead atoms. The maximum absolute atomic E-state index is 12.6. The molecule has 0 unspecified atom stereocenters. The second-order valence-electron chi connectivity index (χ2n) is 8.08. The van der Waals surface area contributed by atoms with E-state index in [0.717, 1.165) is 21.2 Å². The lowest BCUT2D eigenvalue weighted by Crippen LogP contribution is -2.21. The third-order valence-corrected chi connectivity index (χ3v) is 6.44. The first kappa shape index (κ1) is 27.4. The van der Waals surface area contributed by atoms with Crippen molar-refractivity contribution in [3.05, 3.63) is 85.3 Å². The standard InChI is InChI=1S/C27H27Br2N3O4/c1-5-35-24-13-19(14-30-32-27(34)20-8-6-7-16(2)9-20)12-22(29)26(24)36-15-25(33)31-23-11-18(4)17(3)10-21(23)28/h6-14H,5,15H2,1-4H3,(H,31,33)(H,32,34)/b30-14+. The number of benzene rings is 3. The van der Waals surface area contributed by atoms with Gasteiger partial charge in [0, 0.05) is 10.0 Å². The third-order valence-electron chi connectivity index (χ3n) is 5.20. The third kappa shape index (κ3) is 7.41. The number of carbonyl (C=O) groups is 2. The van der Waals surface area contributed by atoms with Crippen molar-refractivity contribution in [3.63, 3.8) is 0 Å². The van der Waals surface area contributed by atoms with Crippen LogP contribution in [0.4, 0.5) is 5.69 Å². The minimum absolute atomic E-state index is 0.210. The zero-order valence-corrected chi connectivity index (χ0v) is 23.6. The lowest BCUT2D eigenvalue weighted by Gasteiger charge is -2.15. The molecule has 3 aromatic carbocycles. The van der Waals surface area contributed by atoms with E-state index in [2.05, 4.69) is 47.7 Å². The van der Waals surface area contributed by atoms with Gasteiger partial charge in [-0.15, -0.1) is 0 Å². The lowest BCUT2D eigenvalue weighted by molar-refractivity contribution is -0.118. The number of halogens is 2. The Kier molecular flexibility index (Phi) is 9.66. The van der Waals surface area contributed by atoms with Crippen molar-refractivity contribution < 1.29 is 19.1 Å². The van der Waals surface area contributed by atoms with E-state index in [4.69, 9.17) is 9.47 Å². The molecule has 2 N–H and O–H groups in total. The Labute approximate surface area is 227 Å². The fraction of sp³-hybridized carbons (Fsp3) is 0.222. The number of nitrogens with zero attached hydrogens (tertiary/aromatic N) is 1. The first-order chi connectivity index (χ1) is 17.2. The van der Waals surface area contributed by atoms with Crippen LogP contribution >= 0.6 is 31.9 Å². The van der Waals surface area contributed by atoms with Crippen molar-refractivity contribution in [2.45, 2.75) is 27.7 Å². The number of hydrogen-bond acceptors (Lipinski definition) is 5. The summed E-state index contributed by atoms with van der Waals surface area (Å²) in [5, 5.41) is 6.91. The fourth-order valence-electron chi connectivity index (χ4n) is 3.28. The average Bonchev–Trinajstić information content (AvgIpc) is 2.82. The largest absolute Gasteiger partial charge is 0.490 e. The Bertz CT molecular complexity index is 1310. The van der Waals surface area contributed by atoms with Crippen molar-refractivity contribution >= 4 is 55.6 Å². The van der Waals surface area contributed by atoms with Gasteiger partial charge in [-0.3, -0.25) is 9.59 Å². The molecule has 0 atom stereocenters. The van der Waals surface area contributed by atoms with E-state index in [9.17, 15) is 9.59 Å². The molecule has 188 valence electrons. The van der Waals surface area contributed by atoms with Gasteiger partial charge in [0.05, 0.1) is 23.0 Å². The summed E-state index contributed by atoms with van der Waals surface area (Å²) in [4.78, 5) is 24.8. The van der Waals surface area contributed by atoms with E-state index in [1.807, 2.05) is 52.0 Å². The normalized spacial score (nSPS) is 10.8. The smallest absolute Gasteiger partial charge is 0.271 e. The maximum atomic E-state index is 12.6. The molecule has 7 nitrogen and oxygen atoms in total. The van der Waals surface area contributed by atoms with Crippen LogP contribution in [0.1, 0.15) is 39.5 Å². The van der Waals surface area contributed by atoms with Gasteiger partial charge in [0.25, 0.3) is 11.8 Å². The van der Waals surface area contributed by atoms with E-state index < -0.39 is 0 Å². The van der Waals surface area contributed by atoms with Crippen molar-refractivity contribution in [1.29, 1.82) is 0 Å². The molecule has 0 fully saturated rings. The molecular formula is C27H27Br2N3O4. The van der Waals surface area contributed by atoms with Crippen molar-refractivity contribution in [2.75, 3.05) is 18.5 Å². The van der Waals surface area contributed by atoms with Crippen molar-refractivity contribution in [3.8, 4) is 11.5 Å². The molecule has 3 rings (SSSR count). The van der Waals surface area contributed by atoms with Crippen LogP contribution in [0.15, 0.2) is 62.6 Å². The first-order valence-corrected chi connectivity index (χ1v) is 12.8. The highest BCUT2D eigenvalue weighted by Crippen LogP contribution is 2.36. The van der Waals surface area contributed by atoms with Gasteiger partial charge in [-0.25, -0.2) is 5.43 Å². The zero-order chi connectivity index (χ0) is 26.2. The second kappa shape index (κ2) is 12.7. The number of aryl methyl sites for hydroxylation is 3. The molecule has 0 saturated carbocycles. The molecule has 2 amide bonds. The van der Waals surface area contributed by atoms with Crippen LogP contribution in [-0.4, -0.2) is 31.2 Å². The number of ether oxygens (including phenoxy) is 2. The number of carbonyl (C=O) groups excluding carboxylic acids is 2. The van der Waals surface area contributed by atoms with E-state index in [1.54, 1.807) is 24.3 Å². The van der Waals surface area contributed by atoms with Crippen LogP contribution in [0.3, 0.4) is 0 Å².